The third-order valence-corrected chi connectivity index (χ3v) is 6.50. The number of nitrogens with zero attached hydrogens (tertiary/aromatic N) is 8. The van der Waals surface area contributed by atoms with E-state index >= 15 is 0 Å². The molecule has 2 aliphatic heterocycles. The van der Waals surface area contributed by atoms with Gasteiger partial charge < -0.3 is 14.4 Å². The highest BCUT2D eigenvalue weighted by molar-refractivity contribution is 5.79. The fourth-order valence-corrected chi connectivity index (χ4v) is 4.78. The van der Waals surface area contributed by atoms with E-state index in [0.29, 0.717) is 13.2 Å². The summed E-state index contributed by atoms with van der Waals surface area (Å²) in [5.74, 6) is 0.916. The van der Waals surface area contributed by atoms with Gasteiger partial charge in [0, 0.05) is 44.2 Å². The Balaban J connectivity index is 1.52. The van der Waals surface area contributed by atoms with Crippen LogP contribution in [0.25, 0.3) is 28.2 Å². The third-order valence-electron chi connectivity index (χ3n) is 6.50. The van der Waals surface area contributed by atoms with Crippen LogP contribution in [0.2, 0.25) is 0 Å². The Morgan fingerprint density at radius 2 is 2.00 bits per heavy atom. The minimum absolute atomic E-state index is 0.0565. The van der Waals surface area contributed by atoms with Crippen LogP contribution in [0.3, 0.4) is 0 Å². The van der Waals surface area contributed by atoms with Crippen LogP contribution < -0.4 is 4.90 Å². The molecule has 2 fully saturated rings. The summed E-state index contributed by atoms with van der Waals surface area (Å²) in [4.78, 5) is 7.41. The minimum atomic E-state index is -0.0565. The average Bonchev–Trinajstić information content (AvgIpc) is 3.58. The van der Waals surface area contributed by atoms with Gasteiger partial charge in [-0.2, -0.15) is 15.3 Å². The lowest BCUT2D eigenvalue weighted by Gasteiger charge is -2.34. The number of hydrogen-bond acceptors (Lipinski definition) is 7. The second-order valence-corrected chi connectivity index (χ2v) is 8.80. The van der Waals surface area contributed by atoms with E-state index in [1.165, 1.54) is 0 Å². The number of ether oxygens (including phenoxy) is 2. The summed E-state index contributed by atoms with van der Waals surface area (Å²) in [7, 11) is 1.92. The summed E-state index contributed by atoms with van der Waals surface area (Å²) in [6.45, 7) is 5.11. The number of aromatic nitrogens is 7. The van der Waals surface area contributed by atoms with Crippen LogP contribution in [0.5, 0.6) is 0 Å². The molecule has 6 rings (SSSR count). The number of hydrogen-bond donors (Lipinski definition) is 0. The maximum Gasteiger partial charge on any atom is 0.167 e. The lowest BCUT2D eigenvalue weighted by molar-refractivity contribution is -0.0383. The molecule has 0 saturated carbocycles. The lowest BCUT2D eigenvalue weighted by Crippen LogP contribution is -2.44. The molecular weight excluding hydrogens is 420 g/mol. The molecule has 0 radical (unpaired) electrons. The van der Waals surface area contributed by atoms with Crippen molar-refractivity contribution in [1.29, 1.82) is 0 Å². The highest BCUT2D eigenvalue weighted by Crippen LogP contribution is 2.33. The zero-order valence-corrected chi connectivity index (χ0v) is 19.0. The van der Waals surface area contributed by atoms with Crippen molar-refractivity contribution in [2.75, 3.05) is 31.3 Å². The van der Waals surface area contributed by atoms with Gasteiger partial charge in [-0.15, -0.1) is 0 Å². The zero-order valence-electron chi connectivity index (χ0n) is 19.0. The molecule has 4 aromatic rings. The van der Waals surface area contributed by atoms with Crippen molar-refractivity contribution >= 4 is 11.5 Å². The Labute approximate surface area is 191 Å². The van der Waals surface area contributed by atoms with E-state index in [4.69, 9.17) is 19.6 Å². The molecule has 0 aliphatic carbocycles. The van der Waals surface area contributed by atoms with Crippen molar-refractivity contribution in [1.82, 2.24) is 34.2 Å². The molecule has 0 aromatic carbocycles. The van der Waals surface area contributed by atoms with Gasteiger partial charge in [0.25, 0.3) is 0 Å². The number of anilines is 1. The van der Waals surface area contributed by atoms with Crippen LogP contribution >= 0.6 is 0 Å². The average molecular weight is 449 g/mol. The SMILES string of the molecule is C[C@@H]1COCCN1c1cc(-c2cnn(C)c2)n2ncc(-c3ccnn3C3CCCCO3)c2n1. The Kier molecular flexibility index (Phi) is 5.11. The fraction of sp³-hybridized carbons (Fsp3) is 0.478. The number of rotatable bonds is 4. The maximum atomic E-state index is 6.02. The molecule has 0 bridgehead atoms. The molecule has 4 aromatic heterocycles. The molecule has 33 heavy (non-hydrogen) atoms. The molecule has 0 N–H and O–H groups in total. The zero-order chi connectivity index (χ0) is 22.4. The molecule has 0 spiro atoms. The first kappa shape index (κ1) is 20.4. The molecule has 172 valence electrons. The number of aryl methyl sites for hydroxylation is 1. The summed E-state index contributed by atoms with van der Waals surface area (Å²) < 4.78 is 17.4. The van der Waals surface area contributed by atoms with Gasteiger partial charge >= 0.3 is 0 Å². The number of morpholine rings is 1. The summed E-state index contributed by atoms with van der Waals surface area (Å²) in [6.07, 6.45) is 10.7. The fourth-order valence-electron chi connectivity index (χ4n) is 4.78. The normalized spacial score (nSPS) is 21.7. The maximum absolute atomic E-state index is 6.02. The quantitative estimate of drug-likeness (QED) is 0.474. The van der Waals surface area contributed by atoms with Crippen molar-refractivity contribution in [3.63, 3.8) is 0 Å². The van der Waals surface area contributed by atoms with E-state index in [0.717, 1.165) is 66.4 Å². The summed E-state index contributed by atoms with van der Waals surface area (Å²) in [5, 5.41) is 13.7. The molecule has 1 unspecified atom stereocenters. The first-order chi connectivity index (χ1) is 16.2. The van der Waals surface area contributed by atoms with Crippen LogP contribution in [0.4, 0.5) is 5.82 Å². The molecule has 2 saturated heterocycles. The molecule has 10 heteroatoms. The molecule has 0 amide bonds. The molecule has 6 heterocycles. The van der Waals surface area contributed by atoms with Crippen LogP contribution in [-0.2, 0) is 16.5 Å². The van der Waals surface area contributed by atoms with E-state index in [2.05, 4.69) is 28.1 Å². The predicted molar refractivity (Wildman–Crippen MR) is 123 cm³/mol. The molecule has 2 aliphatic rings. The monoisotopic (exact) mass is 448 g/mol. The molecular formula is C23H28N8O2. The van der Waals surface area contributed by atoms with Gasteiger partial charge in [0.15, 0.2) is 11.9 Å². The van der Waals surface area contributed by atoms with Crippen LogP contribution in [0.1, 0.15) is 32.4 Å². The molecule has 10 nitrogen and oxygen atoms in total. The first-order valence-corrected chi connectivity index (χ1v) is 11.6. The Hall–Kier alpha value is -3.24. The highest BCUT2D eigenvalue weighted by atomic mass is 16.5. The Morgan fingerprint density at radius 1 is 1.06 bits per heavy atom. The van der Waals surface area contributed by atoms with E-state index in [9.17, 15) is 0 Å². The largest absolute Gasteiger partial charge is 0.377 e. The van der Waals surface area contributed by atoms with Gasteiger partial charge in [0.1, 0.15) is 5.82 Å². The van der Waals surface area contributed by atoms with Crippen molar-refractivity contribution in [2.45, 2.75) is 38.5 Å². The summed E-state index contributed by atoms with van der Waals surface area (Å²) in [5.41, 5.74) is 4.64. The standard InChI is InChI=1S/C23H28N8O2/c1-16-15-32-10-8-29(16)21-11-20(17-12-25-28(2)14-17)31-23(27-21)18(13-26-31)19-6-7-24-30(19)22-5-3-4-9-33-22/h6-7,11-14,16,22H,3-5,8-10,15H2,1-2H3/t16-,22?/m1/s1. The second kappa shape index (κ2) is 8.27. The second-order valence-electron chi connectivity index (χ2n) is 8.80. The van der Waals surface area contributed by atoms with Crippen LogP contribution in [0, 0.1) is 0 Å². The van der Waals surface area contributed by atoms with Gasteiger partial charge in [-0.05, 0) is 32.3 Å². The lowest BCUT2D eigenvalue weighted by atomic mass is 10.1. The Bertz CT molecular complexity index is 1270. The van der Waals surface area contributed by atoms with Gasteiger partial charge in [-0.1, -0.05) is 0 Å². The smallest absolute Gasteiger partial charge is 0.167 e. The number of fused-ring (bicyclic) bond motifs is 1. The van der Waals surface area contributed by atoms with E-state index in [1.807, 2.05) is 47.1 Å². The third kappa shape index (κ3) is 3.59. The van der Waals surface area contributed by atoms with Crippen molar-refractivity contribution in [2.24, 2.45) is 7.05 Å². The van der Waals surface area contributed by atoms with Gasteiger partial charge in [-0.25, -0.2) is 14.2 Å². The van der Waals surface area contributed by atoms with E-state index < -0.39 is 0 Å². The van der Waals surface area contributed by atoms with Crippen LogP contribution in [-0.4, -0.2) is 66.6 Å². The van der Waals surface area contributed by atoms with Crippen molar-refractivity contribution < 1.29 is 9.47 Å². The summed E-state index contributed by atoms with van der Waals surface area (Å²) in [6, 6.07) is 4.36. The minimum Gasteiger partial charge on any atom is -0.377 e. The van der Waals surface area contributed by atoms with E-state index in [-0.39, 0.29) is 12.3 Å². The van der Waals surface area contributed by atoms with E-state index in [1.54, 1.807) is 4.68 Å². The predicted octanol–water partition coefficient (Wildman–Crippen LogP) is 2.92. The Morgan fingerprint density at radius 3 is 2.79 bits per heavy atom. The molecule has 2 atom stereocenters. The van der Waals surface area contributed by atoms with Gasteiger partial charge in [0.05, 0.1) is 48.6 Å². The topological polar surface area (TPSA) is 87.5 Å². The van der Waals surface area contributed by atoms with Crippen molar-refractivity contribution in [3.8, 4) is 22.5 Å². The van der Waals surface area contributed by atoms with Gasteiger partial charge in [-0.3, -0.25) is 4.68 Å². The van der Waals surface area contributed by atoms with Crippen LogP contribution in [0.15, 0.2) is 36.9 Å². The first-order valence-electron chi connectivity index (χ1n) is 11.6. The summed E-state index contributed by atoms with van der Waals surface area (Å²) >= 11 is 0. The van der Waals surface area contributed by atoms with Gasteiger partial charge in [0.2, 0.25) is 0 Å². The highest BCUT2D eigenvalue weighted by Gasteiger charge is 2.26. The van der Waals surface area contributed by atoms with Crippen molar-refractivity contribution in [3.05, 3.63) is 36.9 Å².